The molecule has 1 aromatic carbocycles. The number of aryl methyl sites for hydroxylation is 1. The molecule has 2 N–H and O–H groups in total. The fraction of sp³-hybridized carbons (Fsp3) is 0.0769. The van der Waals surface area contributed by atoms with Gasteiger partial charge in [-0.05, 0) is 24.6 Å². The van der Waals surface area contributed by atoms with E-state index < -0.39 is 0 Å². The van der Waals surface area contributed by atoms with Gasteiger partial charge in [-0.2, -0.15) is 0 Å². The van der Waals surface area contributed by atoms with E-state index in [1.807, 2.05) is 42.6 Å². The second-order valence-electron chi connectivity index (χ2n) is 3.75. The molecule has 19 heavy (non-hydrogen) atoms. The molecule has 0 unspecified atom stereocenters. The van der Waals surface area contributed by atoms with Crippen molar-refractivity contribution >= 4 is 44.5 Å². The maximum absolute atomic E-state index is 11.6. The number of urea groups is 1. The number of carbonyl (C=O) groups is 1. The highest BCUT2D eigenvalue weighted by molar-refractivity contribution is 9.10. The highest BCUT2D eigenvalue weighted by atomic mass is 79.9. The summed E-state index contributed by atoms with van der Waals surface area (Å²) in [5.41, 5.74) is 1.89. The second-order valence-corrected chi connectivity index (χ2v) is 5.46. The van der Waals surface area contributed by atoms with Crippen molar-refractivity contribution in [2.45, 2.75) is 6.92 Å². The standard InChI is InChI=1S/C13H12BrN3OS/c1-9-8-19-13(16-9)17-12(18)15-7-6-10-4-2-3-5-11(10)14/h2-8H,1H3,(H2,15,16,17,18)/b7-6+. The quantitative estimate of drug-likeness (QED) is 0.889. The van der Waals surface area contributed by atoms with E-state index in [1.54, 1.807) is 6.20 Å². The monoisotopic (exact) mass is 337 g/mol. The number of thiazole rings is 1. The molecule has 0 saturated heterocycles. The smallest absolute Gasteiger partial charge is 0.314 e. The van der Waals surface area contributed by atoms with Gasteiger partial charge < -0.3 is 5.32 Å². The summed E-state index contributed by atoms with van der Waals surface area (Å²) in [6, 6.07) is 7.45. The van der Waals surface area contributed by atoms with Crippen LogP contribution in [0.3, 0.4) is 0 Å². The van der Waals surface area contributed by atoms with Crippen LogP contribution in [0.4, 0.5) is 9.93 Å². The van der Waals surface area contributed by atoms with Crippen molar-refractivity contribution in [3.63, 3.8) is 0 Å². The second kappa shape index (κ2) is 6.49. The van der Waals surface area contributed by atoms with Crippen molar-refractivity contribution in [3.05, 3.63) is 51.6 Å². The molecule has 0 aliphatic carbocycles. The van der Waals surface area contributed by atoms with E-state index >= 15 is 0 Å². The highest BCUT2D eigenvalue weighted by Crippen LogP contribution is 2.17. The normalized spacial score (nSPS) is 10.6. The molecule has 1 aromatic heterocycles. The number of hydrogen-bond acceptors (Lipinski definition) is 3. The fourth-order valence-corrected chi connectivity index (χ4v) is 2.46. The number of benzene rings is 1. The first-order valence-electron chi connectivity index (χ1n) is 5.56. The molecule has 0 bridgehead atoms. The molecular formula is C13H12BrN3OS. The molecule has 0 saturated carbocycles. The first kappa shape index (κ1) is 13.8. The van der Waals surface area contributed by atoms with E-state index in [0.29, 0.717) is 5.13 Å². The van der Waals surface area contributed by atoms with E-state index in [0.717, 1.165) is 15.7 Å². The summed E-state index contributed by atoms with van der Waals surface area (Å²) in [5.74, 6) is 0. The topological polar surface area (TPSA) is 54.0 Å². The molecule has 0 aliphatic heterocycles. The van der Waals surface area contributed by atoms with Crippen molar-refractivity contribution in [3.8, 4) is 0 Å². The van der Waals surface area contributed by atoms with Crippen molar-refractivity contribution in [1.29, 1.82) is 0 Å². The number of carbonyl (C=O) groups excluding carboxylic acids is 1. The third-order valence-corrected chi connectivity index (χ3v) is 3.82. The highest BCUT2D eigenvalue weighted by Gasteiger charge is 2.02. The SMILES string of the molecule is Cc1csc(NC(=O)N/C=C/c2ccccc2Br)n1. The van der Waals surface area contributed by atoms with Crippen molar-refractivity contribution < 1.29 is 4.79 Å². The van der Waals surface area contributed by atoms with Gasteiger partial charge in [0.05, 0.1) is 5.69 Å². The first-order valence-corrected chi connectivity index (χ1v) is 7.23. The van der Waals surface area contributed by atoms with Gasteiger partial charge >= 0.3 is 6.03 Å². The Morgan fingerprint density at radius 3 is 2.89 bits per heavy atom. The van der Waals surface area contributed by atoms with Crippen LogP contribution in [-0.2, 0) is 0 Å². The largest absolute Gasteiger partial charge is 0.325 e. The molecule has 0 fully saturated rings. The predicted molar refractivity (Wildman–Crippen MR) is 82.2 cm³/mol. The van der Waals surface area contributed by atoms with Gasteiger partial charge in [-0.25, -0.2) is 9.78 Å². The molecule has 0 aliphatic rings. The lowest BCUT2D eigenvalue weighted by atomic mass is 10.2. The Bertz CT molecular complexity index is 609. The van der Waals surface area contributed by atoms with Crippen molar-refractivity contribution in [2.24, 2.45) is 0 Å². The maximum Gasteiger partial charge on any atom is 0.325 e. The lowest BCUT2D eigenvalue weighted by Gasteiger charge is -2.00. The Hall–Kier alpha value is -1.66. The van der Waals surface area contributed by atoms with Gasteiger partial charge in [0, 0.05) is 16.1 Å². The molecule has 6 heteroatoms. The minimum absolute atomic E-state index is 0.308. The molecule has 2 aromatic rings. The van der Waals surface area contributed by atoms with E-state index in [1.165, 1.54) is 11.3 Å². The van der Waals surface area contributed by atoms with E-state index in [-0.39, 0.29) is 6.03 Å². The number of anilines is 1. The molecule has 98 valence electrons. The Morgan fingerprint density at radius 2 is 2.21 bits per heavy atom. The van der Waals surface area contributed by atoms with Crippen LogP contribution in [0.1, 0.15) is 11.3 Å². The number of hydrogen-bond donors (Lipinski definition) is 2. The fourth-order valence-electron chi connectivity index (χ4n) is 1.36. The van der Waals surface area contributed by atoms with Gasteiger partial charge in [0.25, 0.3) is 0 Å². The van der Waals surface area contributed by atoms with E-state index in [2.05, 4.69) is 31.5 Å². The summed E-state index contributed by atoms with van der Waals surface area (Å²) >= 11 is 4.83. The van der Waals surface area contributed by atoms with Crippen LogP contribution in [0.15, 0.2) is 40.3 Å². The van der Waals surface area contributed by atoms with Crippen LogP contribution >= 0.6 is 27.3 Å². The van der Waals surface area contributed by atoms with Crippen LogP contribution in [-0.4, -0.2) is 11.0 Å². The summed E-state index contributed by atoms with van der Waals surface area (Å²) in [6.45, 7) is 1.88. The molecular weight excluding hydrogens is 326 g/mol. The molecule has 0 atom stereocenters. The third-order valence-electron chi connectivity index (χ3n) is 2.22. The number of aromatic nitrogens is 1. The average Bonchev–Trinajstić information content (AvgIpc) is 2.77. The number of rotatable bonds is 3. The van der Waals surface area contributed by atoms with Gasteiger partial charge in [0.1, 0.15) is 0 Å². The van der Waals surface area contributed by atoms with Gasteiger partial charge in [-0.1, -0.05) is 34.1 Å². The van der Waals surface area contributed by atoms with Crippen LogP contribution < -0.4 is 10.6 Å². The van der Waals surface area contributed by atoms with Crippen LogP contribution in [0.2, 0.25) is 0 Å². The molecule has 0 radical (unpaired) electrons. The Balaban J connectivity index is 1.88. The van der Waals surface area contributed by atoms with Crippen molar-refractivity contribution in [1.82, 2.24) is 10.3 Å². The van der Waals surface area contributed by atoms with Gasteiger partial charge in [-0.15, -0.1) is 11.3 Å². The lowest BCUT2D eigenvalue weighted by molar-refractivity contribution is 0.255. The summed E-state index contributed by atoms with van der Waals surface area (Å²) < 4.78 is 0.976. The van der Waals surface area contributed by atoms with Gasteiger partial charge in [0.15, 0.2) is 5.13 Å². The summed E-state index contributed by atoms with van der Waals surface area (Å²) in [6.07, 6.45) is 3.41. The lowest BCUT2D eigenvalue weighted by Crippen LogP contribution is -2.23. The number of amides is 2. The van der Waals surface area contributed by atoms with Crippen LogP contribution in [0.25, 0.3) is 6.08 Å². The molecule has 2 rings (SSSR count). The van der Waals surface area contributed by atoms with Crippen LogP contribution in [0.5, 0.6) is 0 Å². The summed E-state index contributed by atoms with van der Waals surface area (Å²) in [7, 11) is 0. The summed E-state index contributed by atoms with van der Waals surface area (Å²) in [4.78, 5) is 15.7. The Morgan fingerprint density at radius 1 is 1.42 bits per heavy atom. The zero-order valence-electron chi connectivity index (χ0n) is 10.2. The Kier molecular flexibility index (Phi) is 4.70. The molecule has 2 amide bonds. The van der Waals surface area contributed by atoms with Gasteiger partial charge in [-0.3, -0.25) is 5.32 Å². The van der Waals surface area contributed by atoms with E-state index in [9.17, 15) is 4.79 Å². The number of halogens is 1. The Labute approximate surface area is 123 Å². The average molecular weight is 338 g/mol. The number of nitrogens with one attached hydrogen (secondary N) is 2. The minimum atomic E-state index is -0.308. The molecule has 4 nitrogen and oxygen atoms in total. The maximum atomic E-state index is 11.6. The predicted octanol–water partition coefficient (Wildman–Crippen LogP) is 4.01. The van der Waals surface area contributed by atoms with Gasteiger partial charge in [0.2, 0.25) is 0 Å². The minimum Gasteiger partial charge on any atom is -0.314 e. The zero-order chi connectivity index (χ0) is 13.7. The van der Waals surface area contributed by atoms with E-state index in [4.69, 9.17) is 0 Å². The third kappa shape index (κ3) is 4.18. The molecule has 1 heterocycles. The molecule has 0 spiro atoms. The number of nitrogens with zero attached hydrogens (tertiary/aromatic N) is 1. The first-order chi connectivity index (χ1) is 9.15. The van der Waals surface area contributed by atoms with Crippen LogP contribution in [0, 0.1) is 6.92 Å². The summed E-state index contributed by atoms with van der Waals surface area (Å²) in [5, 5.41) is 7.76. The van der Waals surface area contributed by atoms with Crippen molar-refractivity contribution in [2.75, 3.05) is 5.32 Å². The zero-order valence-corrected chi connectivity index (χ0v) is 12.6.